The second kappa shape index (κ2) is 6.81. The summed E-state index contributed by atoms with van der Waals surface area (Å²) in [5.41, 5.74) is 13.1. The van der Waals surface area contributed by atoms with Crippen molar-refractivity contribution >= 4 is 55.3 Å². The Balaban J connectivity index is 1.96. The van der Waals surface area contributed by atoms with Gasteiger partial charge < -0.3 is 20.1 Å². The van der Waals surface area contributed by atoms with Crippen LogP contribution in [-0.4, -0.2) is 16.1 Å². The van der Waals surface area contributed by atoms with Gasteiger partial charge in [-0.15, -0.1) is 0 Å². The third kappa shape index (κ3) is 2.53. The first-order valence-corrected chi connectivity index (χ1v) is 10.8. The molecule has 0 saturated heterocycles. The van der Waals surface area contributed by atoms with E-state index in [1.807, 2.05) is 55.5 Å². The zero-order valence-corrected chi connectivity index (χ0v) is 18.4. The van der Waals surface area contributed by atoms with Crippen molar-refractivity contribution in [2.24, 2.45) is 5.73 Å². The summed E-state index contributed by atoms with van der Waals surface area (Å²) >= 11 is 0. The van der Waals surface area contributed by atoms with E-state index in [0.29, 0.717) is 16.9 Å². The maximum Gasteiger partial charge on any atom is 0.139 e. The number of amidine groups is 1. The third-order valence-corrected chi connectivity index (χ3v) is 6.48. The molecule has 4 N–H and O–H groups in total. The summed E-state index contributed by atoms with van der Waals surface area (Å²) in [6.07, 6.45) is 0. The Bertz CT molecular complexity index is 1730. The molecule has 0 amide bonds. The average Bonchev–Trinajstić information content (AvgIpc) is 3.35. The van der Waals surface area contributed by atoms with Gasteiger partial charge in [-0.1, -0.05) is 54.6 Å². The van der Waals surface area contributed by atoms with Crippen LogP contribution in [0.4, 0.5) is 0 Å². The molecule has 6 rings (SSSR count). The van der Waals surface area contributed by atoms with Crippen LogP contribution in [-0.2, 0) is 0 Å². The summed E-state index contributed by atoms with van der Waals surface area (Å²) in [6, 6.07) is 24.3. The number of furan rings is 1. The number of benzene rings is 4. The summed E-state index contributed by atoms with van der Waals surface area (Å²) in [6.45, 7) is 3.76. The van der Waals surface area contributed by atoms with Crippen molar-refractivity contribution in [1.29, 1.82) is 10.8 Å². The van der Waals surface area contributed by atoms with Crippen LogP contribution in [0.5, 0.6) is 0 Å². The Labute approximate surface area is 190 Å². The van der Waals surface area contributed by atoms with Crippen LogP contribution in [0.25, 0.3) is 49.4 Å². The zero-order chi connectivity index (χ0) is 22.9. The van der Waals surface area contributed by atoms with Crippen LogP contribution in [0.1, 0.15) is 23.6 Å². The van der Waals surface area contributed by atoms with E-state index in [9.17, 15) is 0 Å². The number of hydrogen-bond acceptors (Lipinski definition) is 3. The molecule has 0 fully saturated rings. The lowest BCUT2D eigenvalue weighted by molar-refractivity contribution is 0.665. The molecular weight excluding hydrogens is 408 g/mol. The molecule has 2 heterocycles. The van der Waals surface area contributed by atoms with Crippen LogP contribution < -0.4 is 5.73 Å². The Hall–Kier alpha value is -4.38. The lowest BCUT2D eigenvalue weighted by atomic mass is 9.92. The first kappa shape index (κ1) is 19.3. The quantitative estimate of drug-likeness (QED) is 0.216. The first-order chi connectivity index (χ1) is 16.0. The summed E-state index contributed by atoms with van der Waals surface area (Å²) in [4.78, 5) is 0. The van der Waals surface area contributed by atoms with Gasteiger partial charge in [-0.25, -0.2) is 0 Å². The normalized spacial score (nSPS) is 11.7. The molecule has 160 valence electrons. The number of nitrogens with two attached hydrogens (primary N) is 1. The molecule has 5 nitrogen and oxygen atoms in total. The van der Waals surface area contributed by atoms with Crippen molar-refractivity contribution in [3.8, 4) is 5.69 Å². The van der Waals surface area contributed by atoms with Crippen molar-refractivity contribution in [3.63, 3.8) is 0 Å². The van der Waals surface area contributed by atoms with Gasteiger partial charge in [0.25, 0.3) is 0 Å². The summed E-state index contributed by atoms with van der Waals surface area (Å²) in [5.74, 6) is -0.0501. The predicted octanol–water partition coefficient (Wildman–Crippen LogP) is 6.66. The molecule has 0 aliphatic carbocycles. The Morgan fingerprint density at radius 2 is 1.33 bits per heavy atom. The van der Waals surface area contributed by atoms with E-state index >= 15 is 0 Å². The standard InChI is InChI=1S/C28H22N4O/c1-15-23(16(2)29)26(25(28(30)31)24-19-11-5-8-14-22(19)33-27(15)24)32-20-12-6-3-9-17(20)18-10-4-7-13-21(18)32/h3-14,29H,1-2H3,(H3,30,31). The van der Waals surface area contributed by atoms with E-state index in [0.717, 1.165) is 55.0 Å². The largest absolute Gasteiger partial charge is 0.456 e. The van der Waals surface area contributed by atoms with E-state index < -0.39 is 0 Å². The fourth-order valence-corrected chi connectivity index (χ4v) is 5.20. The van der Waals surface area contributed by atoms with Gasteiger partial charge in [0.2, 0.25) is 0 Å². The Kier molecular flexibility index (Phi) is 3.98. The maximum absolute atomic E-state index is 8.72. The second-order valence-electron chi connectivity index (χ2n) is 8.43. The zero-order valence-electron chi connectivity index (χ0n) is 18.4. The molecule has 0 radical (unpaired) electrons. The Morgan fingerprint density at radius 1 is 0.788 bits per heavy atom. The number of aryl methyl sites for hydroxylation is 1. The summed E-state index contributed by atoms with van der Waals surface area (Å²) in [7, 11) is 0. The van der Waals surface area contributed by atoms with Crippen molar-refractivity contribution in [1.82, 2.24) is 4.57 Å². The molecule has 2 aromatic heterocycles. The highest BCUT2D eigenvalue weighted by atomic mass is 16.3. The van der Waals surface area contributed by atoms with Gasteiger partial charge in [0.05, 0.1) is 22.3 Å². The Morgan fingerprint density at radius 3 is 1.91 bits per heavy atom. The molecule has 0 bridgehead atoms. The number of nitrogens with zero attached hydrogens (tertiary/aromatic N) is 1. The predicted molar refractivity (Wildman–Crippen MR) is 136 cm³/mol. The lowest BCUT2D eigenvalue weighted by Gasteiger charge is -2.20. The van der Waals surface area contributed by atoms with Crippen molar-refractivity contribution < 1.29 is 4.42 Å². The fraction of sp³-hybridized carbons (Fsp3) is 0.0714. The molecule has 0 unspecified atom stereocenters. The van der Waals surface area contributed by atoms with Gasteiger partial charge in [-0.3, -0.25) is 5.41 Å². The molecule has 0 saturated carbocycles. The molecule has 4 aromatic carbocycles. The van der Waals surface area contributed by atoms with Gasteiger partial charge in [0.1, 0.15) is 17.0 Å². The topological polar surface area (TPSA) is 91.8 Å². The van der Waals surface area contributed by atoms with E-state index in [2.05, 4.69) is 28.8 Å². The van der Waals surface area contributed by atoms with Gasteiger partial charge in [-0.05, 0) is 32.0 Å². The average molecular weight is 431 g/mol. The smallest absolute Gasteiger partial charge is 0.139 e. The minimum atomic E-state index is -0.0501. The number of hydrogen-bond donors (Lipinski definition) is 3. The molecule has 0 aliphatic rings. The highest BCUT2D eigenvalue weighted by Gasteiger charge is 2.27. The number of rotatable bonds is 3. The molecule has 5 heteroatoms. The third-order valence-electron chi connectivity index (χ3n) is 6.48. The van der Waals surface area contributed by atoms with Crippen LogP contribution in [0.3, 0.4) is 0 Å². The molecule has 0 aliphatic heterocycles. The fourth-order valence-electron chi connectivity index (χ4n) is 5.20. The number of aromatic nitrogens is 1. The van der Waals surface area contributed by atoms with E-state index in [4.69, 9.17) is 21.0 Å². The molecule has 6 aromatic rings. The highest BCUT2D eigenvalue weighted by Crippen LogP contribution is 2.42. The second-order valence-corrected chi connectivity index (χ2v) is 8.43. The van der Waals surface area contributed by atoms with Crippen LogP contribution in [0.2, 0.25) is 0 Å². The van der Waals surface area contributed by atoms with Gasteiger partial charge in [0.15, 0.2) is 0 Å². The van der Waals surface area contributed by atoms with Gasteiger partial charge in [-0.2, -0.15) is 0 Å². The maximum atomic E-state index is 8.72. The number of nitrogen functional groups attached to an aromatic ring is 1. The SMILES string of the molecule is CC(=N)c1c(-n2c3ccccc3c3ccccc32)c(C(=N)N)c2c(oc3ccccc32)c1C. The lowest BCUT2D eigenvalue weighted by Crippen LogP contribution is -2.19. The summed E-state index contributed by atoms with van der Waals surface area (Å²) in [5, 5.41) is 21.3. The molecule has 0 atom stereocenters. The van der Waals surface area contributed by atoms with Gasteiger partial charge in [0, 0.05) is 38.4 Å². The first-order valence-electron chi connectivity index (χ1n) is 10.8. The van der Waals surface area contributed by atoms with Gasteiger partial charge >= 0.3 is 0 Å². The van der Waals surface area contributed by atoms with E-state index in [-0.39, 0.29) is 5.84 Å². The highest BCUT2D eigenvalue weighted by molar-refractivity contribution is 6.24. The molecular formula is C28H22N4O. The van der Waals surface area contributed by atoms with Crippen molar-refractivity contribution in [2.75, 3.05) is 0 Å². The van der Waals surface area contributed by atoms with E-state index in [1.54, 1.807) is 6.92 Å². The molecule has 33 heavy (non-hydrogen) atoms. The van der Waals surface area contributed by atoms with Crippen LogP contribution in [0.15, 0.2) is 77.2 Å². The minimum Gasteiger partial charge on any atom is -0.456 e. The van der Waals surface area contributed by atoms with Crippen LogP contribution in [0, 0.1) is 17.7 Å². The number of para-hydroxylation sites is 3. The monoisotopic (exact) mass is 430 g/mol. The number of fused-ring (bicyclic) bond motifs is 6. The summed E-state index contributed by atoms with van der Waals surface area (Å²) < 4.78 is 8.41. The van der Waals surface area contributed by atoms with Crippen molar-refractivity contribution in [3.05, 3.63) is 89.5 Å². The van der Waals surface area contributed by atoms with Crippen molar-refractivity contribution in [2.45, 2.75) is 13.8 Å². The van der Waals surface area contributed by atoms with Crippen LogP contribution >= 0.6 is 0 Å². The minimum absolute atomic E-state index is 0.0501. The molecule has 0 spiro atoms. The number of nitrogens with one attached hydrogen (secondary N) is 2. The van der Waals surface area contributed by atoms with E-state index in [1.165, 1.54) is 0 Å².